The summed E-state index contributed by atoms with van der Waals surface area (Å²) in [7, 11) is 0. The van der Waals surface area contributed by atoms with Crippen molar-refractivity contribution in [2.75, 3.05) is 6.61 Å². The molecule has 1 aromatic rings. The Hall–Kier alpha value is -2.63. The van der Waals surface area contributed by atoms with E-state index in [4.69, 9.17) is 4.74 Å². The van der Waals surface area contributed by atoms with Crippen molar-refractivity contribution < 1.29 is 24.5 Å². The van der Waals surface area contributed by atoms with Gasteiger partial charge < -0.3 is 14.9 Å². The number of carbonyl (C=O) groups is 2. The molecule has 2 atom stereocenters. The molecule has 2 N–H and O–H groups in total. The highest BCUT2D eigenvalue weighted by Gasteiger charge is 2.41. The van der Waals surface area contributed by atoms with Crippen LogP contribution in [0.4, 0.5) is 0 Å². The summed E-state index contributed by atoms with van der Waals surface area (Å²) in [5.74, 6) is -3.21. The topological polar surface area (TPSA) is 96.2 Å². The molecule has 1 heterocycles. The first-order valence-corrected chi connectivity index (χ1v) is 7.31. The number of allylic oxidation sites excluding steroid dienone is 1. The maximum Gasteiger partial charge on any atom is 0.336 e. The van der Waals surface area contributed by atoms with Crippen molar-refractivity contribution in [3.63, 3.8) is 0 Å². The van der Waals surface area contributed by atoms with Crippen LogP contribution in [-0.4, -0.2) is 34.5 Å². The quantitative estimate of drug-likeness (QED) is 0.832. The second-order valence-electron chi connectivity index (χ2n) is 5.36. The van der Waals surface area contributed by atoms with E-state index in [0.717, 1.165) is 0 Å². The Morgan fingerprint density at radius 2 is 1.83 bits per heavy atom. The van der Waals surface area contributed by atoms with Gasteiger partial charge in [0, 0.05) is 17.3 Å². The van der Waals surface area contributed by atoms with Gasteiger partial charge in [0.2, 0.25) is 0 Å². The molecule has 2 rings (SSSR count). The van der Waals surface area contributed by atoms with E-state index < -0.39 is 23.8 Å². The number of esters is 1. The van der Waals surface area contributed by atoms with Crippen LogP contribution in [0.3, 0.4) is 0 Å². The van der Waals surface area contributed by atoms with Gasteiger partial charge >= 0.3 is 11.9 Å². The smallest absolute Gasteiger partial charge is 0.336 e. The molecule has 0 saturated heterocycles. The minimum Gasteiger partial charge on any atom is -0.508 e. The largest absolute Gasteiger partial charge is 0.508 e. The van der Waals surface area contributed by atoms with E-state index in [2.05, 4.69) is 4.99 Å². The lowest BCUT2D eigenvalue weighted by Crippen LogP contribution is -2.35. The second kappa shape index (κ2) is 6.64. The number of hydrogen-bond acceptors (Lipinski definition) is 5. The Morgan fingerprint density at radius 3 is 2.35 bits per heavy atom. The van der Waals surface area contributed by atoms with E-state index in [1.54, 1.807) is 32.9 Å². The Labute approximate surface area is 134 Å². The minimum atomic E-state index is -1.06. The lowest BCUT2D eigenvalue weighted by Gasteiger charge is -2.30. The summed E-state index contributed by atoms with van der Waals surface area (Å²) in [6, 6.07) is 6.16. The maximum absolute atomic E-state index is 12.3. The van der Waals surface area contributed by atoms with Gasteiger partial charge in [-0.25, -0.2) is 4.79 Å². The first kappa shape index (κ1) is 16.7. The van der Waals surface area contributed by atoms with E-state index in [-0.39, 0.29) is 17.9 Å². The Morgan fingerprint density at radius 1 is 1.22 bits per heavy atom. The van der Waals surface area contributed by atoms with Crippen LogP contribution < -0.4 is 0 Å². The number of carbonyl (C=O) groups excluding carboxylic acids is 1. The zero-order valence-corrected chi connectivity index (χ0v) is 13.2. The summed E-state index contributed by atoms with van der Waals surface area (Å²) in [5.41, 5.74) is 1.75. The van der Waals surface area contributed by atoms with Crippen LogP contribution >= 0.6 is 0 Å². The Balaban J connectivity index is 2.61. The molecule has 0 aliphatic carbocycles. The SMILES string of the molecule is CCOC(=O)C1=C(C)N=C(C)C(C(=O)O)C1c1ccc(O)cc1. The summed E-state index contributed by atoms with van der Waals surface area (Å²) in [5, 5.41) is 19.1. The number of rotatable bonds is 4. The average Bonchev–Trinajstić information content (AvgIpc) is 2.46. The Bertz CT molecular complexity index is 687. The number of ether oxygens (including phenoxy) is 1. The van der Waals surface area contributed by atoms with E-state index >= 15 is 0 Å². The third-order valence-electron chi connectivity index (χ3n) is 3.84. The predicted molar refractivity (Wildman–Crippen MR) is 84.4 cm³/mol. The van der Waals surface area contributed by atoms with Gasteiger partial charge in [-0.15, -0.1) is 0 Å². The fourth-order valence-electron chi connectivity index (χ4n) is 2.87. The van der Waals surface area contributed by atoms with Crippen LogP contribution in [0.2, 0.25) is 0 Å². The lowest BCUT2D eigenvalue weighted by atomic mass is 9.75. The zero-order chi connectivity index (χ0) is 17.1. The molecule has 1 aromatic carbocycles. The average molecular weight is 317 g/mol. The number of benzene rings is 1. The van der Waals surface area contributed by atoms with Crippen LogP contribution in [0.15, 0.2) is 40.5 Å². The molecular weight excluding hydrogens is 298 g/mol. The van der Waals surface area contributed by atoms with Crippen molar-refractivity contribution in [1.82, 2.24) is 0 Å². The fourth-order valence-corrected chi connectivity index (χ4v) is 2.87. The number of hydrogen-bond donors (Lipinski definition) is 2. The number of carboxylic acids is 1. The predicted octanol–water partition coefficient (Wildman–Crippen LogP) is 2.49. The van der Waals surface area contributed by atoms with E-state index in [1.165, 1.54) is 12.1 Å². The molecule has 0 spiro atoms. The van der Waals surface area contributed by atoms with Crippen LogP contribution in [0, 0.1) is 5.92 Å². The second-order valence-corrected chi connectivity index (χ2v) is 5.36. The molecule has 0 saturated carbocycles. The van der Waals surface area contributed by atoms with Crippen molar-refractivity contribution in [2.45, 2.75) is 26.7 Å². The minimum absolute atomic E-state index is 0.0696. The monoisotopic (exact) mass is 317 g/mol. The van der Waals surface area contributed by atoms with Crippen LogP contribution in [0.25, 0.3) is 0 Å². The number of phenols is 1. The van der Waals surface area contributed by atoms with Gasteiger partial charge in [0.15, 0.2) is 0 Å². The molecule has 1 aliphatic rings. The third-order valence-corrected chi connectivity index (χ3v) is 3.84. The first-order chi connectivity index (χ1) is 10.9. The molecule has 6 nitrogen and oxygen atoms in total. The fraction of sp³-hybridized carbons (Fsp3) is 0.353. The normalized spacial score (nSPS) is 20.9. The summed E-state index contributed by atoms with van der Waals surface area (Å²) in [6.45, 7) is 5.19. The van der Waals surface area contributed by atoms with Crippen molar-refractivity contribution in [3.8, 4) is 5.75 Å². The molecule has 0 radical (unpaired) electrons. The van der Waals surface area contributed by atoms with Gasteiger partial charge in [-0.05, 0) is 38.5 Å². The highest BCUT2D eigenvalue weighted by molar-refractivity contribution is 6.06. The Kier molecular flexibility index (Phi) is 4.83. The molecular formula is C17H19NO5. The van der Waals surface area contributed by atoms with Gasteiger partial charge in [-0.1, -0.05) is 12.1 Å². The van der Waals surface area contributed by atoms with Gasteiger partial charge in [-0.2, -0.15) is 0 Å². The van der Waals surface area contributed by atoms with Gasteiger partial charge in [0.05, 0.1) is 12.2 Å². The molecule has 122 valence electrons. The van der Waals surface area contributed by atoms with E-state index in [9.17, 15) is 19.8 Å². The summed E-state index contributed by atoms with van der Waals surface area (Å²) >= 11 is 0. The van der Waals surface area contributed by atoms with Crippen LogP contribution in [0.5, 0.6) is 5.75 Å². The van der Waals surface area contributed by atoms with Crippen molar-refractivity contribution in [1.29, 1.82) is 0 Å². The van der Waals surface area contributed by atoms with Crippen molar-refractivity contribution in [2.24, 2.45) is 10.9 Å². The number of aliphatic carboxylic acids is 1. The number of aromatic hydroxyl groups is 1. The standard InChI is InChI=1S/C17H19NO5/c1-4-23-17(22)14-10(3)18-9(2)13(16(20)21)15(14)11-5-7-12(19)8-6-11/h5-8,13,15,19H,4H2,1-3H3,(H,20,21). The number of phenolic OH excluding ortho intramolecular Hbond substituents is 1. The summed E-state index contributed by atoms with van der Waals surface area (Å²) in [6.07, 6.45) is 0. The molecule has 0 aromatic heterocycles. The summed E-state index contributed by atoms with van der Waals surface area (Å²) in [4.78, 5) is 28.3. The number of carboxylic acid groups (broad SMARTS) is 1. The molecule has 1 aliphatic heterocycles. The van der Waals surface area contributed by atoms with E-state index in [0.29, 0.717) is 17.0 Å². The molecule has 2 unspecified atom stereocenters. The van der Waals surface area contributed by atoms with Crippen molar-refractivity contribution in [3.05, 3.63) is 41.1 Å². The van der Waals surface area contributed by atoms with E-state index in [1.807, 2.05) is 0 Å². The van der Waals surface area contributed by atoms with Gasteiger partial charge in [0.1, 0.15) is 11.7 Å². The number of nitrogens with zero attached hydrogens (tertiary/aromatic N) is 1. The lowest BCUT2D eigenvalue weighted by molar-refractivity contribution is -0.141. The van der Waals surface area contributed by atoms with Crippen LogP contribution in [-0.2, 0) is 14.3 Å². The highest BCUT2D eigenvalue weighted by atomic mass is 16.5. The summed E-state index contributed by atoms with van der Waals surface area (Å²) < 4.78 is 5.08. The van der Waals surface area contributed by atoms with Gasteiger partial charge in [0.25, 0.3) is 0 Å². The first-order valence-electron chi connectivity index (χ1n) is 7.31. The maximum atomic E-state index is 12.3. The molecule has 6 heteroatoms. The molecule has 0 fully saturated rings. The molecule has 0 amide bonds. The molecule has 0 bridgehead atoms. The number of aliphatic imine (C=N–C) groups is 1. The van der Waals surface area contributed by atoms with Crippen LogP contribution in [0.1, 0.15) is 32.3 Å². The highest BCUT2D eigenvalue weighted by Crippen LogP contribution is 2.39. The van der Waals surface area contributed by atoms with Gasteiger partial charge in [-0.3, -0.25) is 9.79 Å². The molecule has 23 heavy (non-hydrogen) atoms. The third kappa shape index (κ3) is 3.26. The van der Waals surface area contributed by atoms with Crippen molar-refractivity contribution >= 4 is 17.7 Å². The zero-order valence-electron chi connectivity index (χ0n) is 13.2.